The van der Waals surface area contributed by atoms with E-state index in [0.29, 0.717) is 17.8 Å². The fourth-order valence-electron chi connectivity index (χ4n) is 1.99. The summed E-state index contributed by atoms with van der Waals surface area (Å²) < 4.78 is 5.66. The molecule has 18 heavy (non-hydrogen) atoms. The Kier molecular flexibility index (Phi) is 4.03. The van der Waals surface area contributed by atoms with Crippen LogP contribution in [0.25, 0.3) is 0 Å². The maximum Gasteiger partial charge on any atom is 0.0992 e. The van der Waals surface area contributed by atoms with Gasteiger partial charge in [0.15, 0.2) is 0 Å². The number of nitrogen functional groups attached to an aromatic ring is 1. The first-order valence-corrected chi connectivity index (χ1v) is 6.02. The van der Waals surface area contributed by atoms with E-state index in [2.05, 4.69) is 23.3 Å². The Hall–Kier alpha value is -1.77. The molecule has 1 aromatic rings. The van der Waals surface area contributed by atoms with Gasteiger partial charge in [-0.3, -0.25) is 0 Å². The maximum atomic E-state index is 8.85. The second-order valence-corrected chi connectivity index (χ2v) is 4.55. The highest BCUT2D eigenvalue weighted by atomic mass is 16.5. The molecule has 5 heteroatoms. The summed E-state index contributed by atoms with van der Waals surface area (Å²) in [6.07, 6.45) is 0.161. The number of hydrogen-bond donors (Lipinski definition) is 2. The average Bonchev–Trinajstić information content (AvgIpc) is 2.38. The third-order valence-corrected chi connectivity index (χ3v) is 3.04. The van der Waals surface area contributed by atoms with E-state index in [9.17, 15) is 0 Å². The molecule has 1 fully saturated rings. The fourth-order valence-corrected chi connectivity index (χ4v) is 1.99. The number of rotatable bonds is 3. The molecule has 96 valence electrons. The van der Waals surface area contributed by atoms with Crippen molar-refractivity contribution < 1.29 is 4.74 Å². The number of nitriles is 1. The predicted molar refractivity (Wildman–Crippen MR) is 71.3 cm³/mol. The maximum absolute atomic E-state index is 8.85. The molecule has 2 rings (SSSR count). The molecule has 1 heterocycles. The second kappa shape index (κ2) is 5.71. The summed E-state index contributed by atoms with van der Waals surface area (Å²) >= 11 is 0. The van der Waals surface area contributed by atoms with E-state index >= 15 is 0 Å². The zero-order valence-corrected chi connectivity index (χ0v) is 10.5. The third kappa shape index (κ3) is 3.13. The number of ether oxygens (including phenoxy) is 1. The normalized spacial score (nSPS) is 20.3. The minimum atomic E-state index is 0.161. The van der Waals surface area contributed by atoms with Gasteiger partial charge in [-0.25, -0.2) is 0 Å². The standard InChI is InChI=1S/C13H18N4O/c1-17-4-5-18-11(9-17)8-16-13-6-10(7-14)2-3-12(13)15/h2-3,6,11,16H,4-5,8-9,15H2,1H3. The number of anilines is 2. The molecule has 1 aromatic carbocycles. The number of nitrogens with two attached hydrogens (primary N) is 1. The van der Waals surface area contributed by atoms with Crippen molar-refractivity contribution in [3.05, 3.63) is 23.8 Å². The summed E-state index contributed by atoms with van der Waals surface area (Å²) in [7, 11) is 2.08. The van der Waals surface area contributed by atoms with Gasteiger partial charge in [-0.15, -0.1) is 0 Å². The van der Waals surface area contributed by atoms with E-state index in [1.807, 2.05) is 0 Å². The molecule has 1 saturated heterocycles. The topological polar surface area (TPSA) is 74.3 Å². The molecule has 5 nitrogen and oxygen atoms in total. The van der Waals surface area contributed by atoms with Crippen LogP contribution in [0.5, 0.6) is 0 Å². The van der Waals surface area contributed by atoms with Crippen molar-refractivity contribution in [3.8, 4) is 6.07 Å². The molecule has 0 aliphatic carbocycles. The van der Waals surface area contributed by atoms with Crippen molar-refractivity contribution in [2.24, 2.45) is 0 Å². The second-order valence-electron chi connectivity index (χ2n) is 4.55. The number of likely N-dealkylation sites (N-methyl/N-ethyl adjacent to an activating group) is 1. The van der Waals surface area contributed by atoms with Crippen LogP contribution in [-0.4, -0.2) is 44.3 Å². The molecular weight excluding hydrogens is 228 g/mol. The zero-order chi connectivity index (χ0) is 13.0. The van der Waals surface area contributed by atoms with Crippen molar-refractivity contribution in [3.63, 3.8) is 0 Å². The number of nitrogens with zero attached hydrogens (tertiary/aromatic N) is 2. The van der Waals surface area contributed by atoms with Gasteiger partial charge in [0, 0.05) is 19.6 Å². The van der Waals surface area contributed by atoms with Crippen molar-refractivity contribution in [2.75, 3.05) is 44.3 Å². The molecule has 1 aliphatic heterocycles. The zero-order valence-electron chi connectivity index (χ0n) is 10.5. The van der Waals surface area contributed by atoms with E-state index < -0.39 is 0 Å². The van der Waals surface area contributed by atoms with E-state index in [1.54, 1.807) is 18.2 Å². The monoisotopic (exact) mass is 246 g/mol. The van der Waals surface area contributed by atoms with Crippen LogP contribution in [0.4, 0.5) is 11.4 Å². The summed E-state index contributed by atoms with van der Waals surface area (Å²) in [6.45, 7) is 3.34. The number of nitrogens with one attached hydrogen (secondary N) is 1. The van der Waals surface area contributed by atoms with Gasteiger partial charge in [0.1, 0.15) is 0 Å². The van der Waals surface area contributed by atoms with Gasteiger partial charge in [-0.2, -0.15) is 5.26 Å². The lowest BCUT2D eigenvalue weighted by Gasteiger charge is -2.30. The molecule has 1 unspecified atom stereocenters. The predicted octanol–water partition coefficient (Wildman–Crippen LogP) is 0.883. The van der Waals surface area contributed by atoms with Crippen LogP contribution in [0.1, 0.15) is 5.56 Å². The van der Waals surface area contributed by atoms with Crippen LogP contribution in [0, 0.1) is 11.3 Å². The Balaban J connectivity index is 1.95. The van der Waals surface area contributed by atoms with E-state index in [0.717, 1.165) is 25.4 Å². The van der Waals surface area contributed by atoms with E-state index in [4.69, 9.17) is 15.7 Å². The van der Waals surface area contributed by atoms with Crippen LogP contribution >= 0.6 is 0 Å². The summed E-state index contributed by atoms with van der Waals surface area (Å²) in [5.74, 6) is 0. The van der Waals surface area contributed by atoms with E-state index in [-0.39, 0.29) is 6.10 Å². The minimum Gasteiger partial charge on any atom is -0.397 e. The van der Waals surface area contributed by atoms with Crippen molar-refractivity contribution >= 4 is 11.4 Å². The number of morpholine rings is 1. The lowest BCUT2D eigenvalue weighted by atomic mass is 10.2. The SMILES string of the molecule is CN1CCOC(CNc2cc(C#N)ccc2N)C1. The van der Waals surface area contributed by atoms with Crippen LogP contribution in [0.3, 0.4) is 0 Å². The van der Waals surface area contributed by atoms with Gasteiger partial charge >= 0.3 is 0 Å². The van der Waals surface area contributed by atoms with Gasteiger partial charge < -0.3 is 20.7 Å². The molecule has 0 aromatic heterocycles. The lowest BCUT2D eigenvalue weighted by molar-refractivity contribution is -0.0117. The molecule has 0 spiro atoms. The summed E-state index contributed by atoms with van der Waals surface area (Å²) in [5, 5.41) is 12.1. The summed E-state index contributed by atoms with van der Waals surface area (Å²) in [4.78, 5) is 2.24. The number of hydrogen-bond acceptors (Lipinski definition) is 5. The quantitative estimate of drug-likeness (QED) is 0.775. The molecule has 0 radical (unpaired) electrons. The molecule has 3 N–H and O–H groups in total. The largest absolute Gasteiger partial charge is 0.397 e. The molecular formula is C13H18N4O. The van der Waals surface area contributed by atoms with Crippen LogP contribution in [-0.2, 0) is 4.74 Å². The Morgan fingerprint density at radius 3 is 3.17 bits per heavy atom. The molecule has 0 saturated carbocycles. The Labute approximate surface area is 107 Å². The fraction of sp³-hybridized carbons (Fsp3) is 0.462. The molecule has 1 aliphatic rings. The molecule has 1 atom stereocenters. The Morgan fingerprint density at radius 1 is 1.61 bits per heavy atom. The Morgan fingerprint density at radius 2 is 2.44 bits per heavy atom. The molecule has 0 amide bonds. The van der Waals surface area contributed by atoms with Gasteiger partial charge in [-0.05, 0) is 25.2 Å². The Bertz CT molecular complexity index is 455. The minimum absolute atomic E-state index is 0.161. The van der Waals surface area contributed by atoms with Crippen LogP contribution in [0.2, 0.25) is 0 Å². The first kappa shape index (κ1) is 12.7. The van der Waals surface area contributed by atoms with Crippen molar-refractivity contribution in [1.82, 2.24) is 4.90 Å². The summed E-state index contributed by atoms with van der Waals surface area (Å²) in [6, 6.07) is 7.33. The van der Waals surface area contributed by atoms with Gasteiger partial charge in [0.25, 0.3) is 0 Å². The third-order valence-electron chi connectivity index (χ3n) is 3.04. The van der Waals surface area contributed by atoms with Crippen molar-refractivity contribution in [1.29, 1.82) is 5.26 Å². The van der Waals surface area contributed by atoms with Crippen molar-refractivity contribution in [2.45, 2.75) is 6.10 Å². The highest BCUT2D eigenvalue weighted by Gasteiger charge is 2.17. The smallest absolute Gasteiger partial charge is 0.0992 e. The van der Waals surface area contributed by atoms with Gasteiger partial charge in [-0.1, -0.05) is 0 Å². The van der Waals surface area contributed by atoms with Crippen LogP contribution in [0.15, 0.2) is 18.2 Å². The highest BCUT2D eigenvalue weighted by Crippen LogP contribution is 2.20. The first-order valence-electron chi connectivity index (χ1n) is 6.02. The lowest BCUT2D eigenvalue weighted by Crippen LogP contribution is -2.43. The summed E-state index contributed by atoms with van der Waals surface area (Å²) in [5.41, 5.74) is 7.92. The molecule has 0 bridgehead atoms. The number of benzene rings is 1. The highest BCUT2D eigenvalue weighted by molar-refractivity contribution is 5.68. The van der Waals surface area contributed by atoms with Gasteiger partial charge in [0.05, 0.1) is 35.7 Å². The van der Waals surface area contributed by atoms with Gasteiger partial charge in [0.2, 0.25) is 0 Å². The average molecular weight is 246 g/mol. The first-order chi connectivity index (χ1) is 8.69. The van der Waals surface area contributed by atoms with Crippen LogP contribution < -0.4 is 11.1 Å². The van der Waals surface area contributed by atoms with E-state index in [1.165, 1.54) is 0 Å².